The molecule has 0 atom stereocenters. The lowest BCUT2D eigenvalue weighted by Gasteiger charge is -2.18. The molecule has 0 aliphatic carbocycles. The summed E-state index contributed by atoms with van der Waals surface area (Å²) in [5, 5.41) is 0.394. The monoisotopic (exact) mass is 307 g/mol. The summed E-state index contributed by atoms with van der Waals surface area (Å²) < 4.78 is 28.5. The van der Waals surface area contributed by atoms with Gasteiger partial charge in [0.1, 0.15) is 14.8 Å². The van der Waals surface area contributed by atoms with Gasteiger partial charge in [0, 0.05) is 27.0 Å². The summed E-state index contributed by atoms with van der Waals surface area (Å²) in [6.45, 7) is 0.889. The Hall–Kier alpha value is -1.32. The first-order valence-electron chi connectivity index (χ1n) is 5.32. The zero-order valence-corrected chi connectivity index (χ0v) is 12.6. The van der Waals surface area contributed by atoms with E-state index in [0.717, 1.165) is 17.6 Å². The molecule has 0 spiro atoms. The molecule has 0 saturated carbocycles. The molecular weight excluding hydrogens is 290 g/mol. The molecule has 0 unspecified atom stereocenters. The number of rotatable bonds is 6. The molecule has 0 radical (unpaired) electrons. The van der Waals surface area contributed by atoms with Crippen LogP contribution in [0.2, 0.25) is 0 Å². The van der Waals surface area contributed by atoms with E-state index in [1.807, 2.05) is 0 Å². The summed E-state index contributed by atoms with van der Waals surface area (Å²) in [6, 6.07) is 0. The van der Waals surface area contributed by atoms with E-state index in [-0.39, 0.29) is 15.5 Å². The van der Waals surface area contributed by atoms with E-state index >= 15 is 0 Å². The molecule has 0 aliphatic rings. The number of carbonyl (C=O) groups excluding carboxylic acids is 1. The van der Waals surface area contributed by atoms with Crippen LogP contribution in [0.15, 0.2) is 4.90 Å². The van der Waals surface area contributed by atoms with E-state index in [4.69, 9.17) is 16.2 Å². The molecular formula is C10H17N3O4S2. The summed E-state index contributed by atoms with van der Waals surface area (Å²) in [7, 11) is -0.309. The number of methoxy groups -OCH3 is 1. The van der Waals surface area contributed by atoms with Crippen molar-refractivity contribution >= 4 is 37.8 Å². The van der Waals surface area contributed by atoms with E-state index in [1.165, 1.54) is 0 Å². The number of hydrogen-bond acceptors (Lipinski definition) is 7. The van der Waals surface area contributed by atoms with Gasteiger partial charge in [-0.3, -0.25) is 4.79 Å². The second-order valence-electron chi connectivity index (χ2n) is 4.03. The minimum Gasteiger partial charge on any atom is -0.396 e. The Balaban J connectivity index is 3.38. The molecule has 0 aromatic carbocycles. The Morgan fingerprint density at radius 1 is 1.47 bits per heavy atom. The molecule has 0 bridgehead atoms. The fourth-order valence-electron chi connectivity index (χ4n) is 1.54. The van der Waals surface area contributed by atoms with Crippen molar-refractivity contribution in [1.82, 2.24) is 0 Å². The van der Waals surface area contributed by atoms with Crippen LogP contribution in [-0.4, -0.2) is 47.9 Å². The molecule has 1 heterocycles. The second-order valence-corrected chi connectivity index (χ2v) is 6.98. The van der Waals surface area contributed by atoms with Gasteiger partial charge >= 0.3 is 0 Å². The number of nitrogens with two attached hydrogens (primary N) is 2. The minimum absolute atomic E-state index is 0.0510. The molecule has 0 aliphatic heterocycles. The number of hydrogen-bond donors (Lipinski definition) is 2. The highest BCUT2D eigenvalue weighted by Crippen LogP contribution is 2.40. The van der Waals surface area contributed by atoms with Gasteiger partial charge in [-0.1, -0.05) is 0 Å². The van der Waals surface area contributed by atoms with Crippen LogP contribution in [0.25, 0.3) is 0 Å². The van der Waals surface area contributed by atoms with Crippen molar-refractivity contribution < 1.29 is 17.9 Å². The third-order valence-electron chi connectivity index (χ3n) is 2.45. The predicted molar refractivity (Wildman–Crippen MR) is 75.5 cm³/mol. The Bertz CT molecular complexity index is 580. The molecule has 1 aromatic heterocycles. The molecule has 7 nitrogen and oxygen atoms in total. The summed E-state index contributed by atoms with van der Waals surface area (Å²) >= 11 is 0.971. The van der Waals surface area contributed by atoms with Crippen LogP contribution in [0, 0.1) is 0 Å². The van der Waals surface area contributed by atoms with Gasteiger partial charge in [-0.25, -0.2) is 8.42 Å². The van der Waals surface area contributed by atoms with Crippen molar-refractivity contribution in [3.8, 4) is 0 Å². The number of nitrogens with zero attached hydrogens (tertiary/aromatic N) is 1. The van der Waals surface area contributed by atoms with E-state index < -0.39 is 15.7 Å². The predicted octanol–water partition coefficient (Wildman–Crippen LogP) is -0.0847. The van der Waals surface area contributed by atoms with Crippen LogP contribution in [0.4, 0.5) is 10.7 Å². The van der Waals surface area contributed by atoms with Crippen LogP contribution in [0.3, 0.4) is 0 Å². The molecule has 1 aromatic rings. The maximum atomic E-state index is 11.8. The van der Waals surface area contributed by atoms with E-state index in [0.29, 0.717) is 18.2 Å². The minimum atomic E-state index is -3.55. The third kappa shape index (κ3) is 3.37. The van der Waals surface area contributed by atoms with Gasteiger partial charge in [-0.2, -0.15) is 0 Å². The number of sulfone groups is 1. The van der Waals surface area contributed by atoms with E-state index in [2.05, 4.69) is 0 Å². The van der Waals surface area contributed by atoms with Crippen molar-refractivity contribution in [3.63, 3.8) is 0 Å². The van der Waals surface area contributed by atoms with Crippen molar-refractivity contribution in [2.24, 2.45) is 5.73 Å². The molecule has 19 heavy (non-hydrogen) atoms. The average molecular weight is 307 g/mol. The second kappa shape index (κ2) is 5.76. The number of primary amides is 1. The Morgan fingerprint density at radius 2 is 2.05 bits per heavy atom. The van der Waals surface area contributed by atoms with Gasteiger partial charge in [0.15, 0.2) is 9.84 Å². The van der Waals surface area contributed by atoms with Gasteiger partial charge in [-0.05, 0) is 0 Å². The molecule has 9 heteroatoms. The fraction of sp³-hybridized carbons (Fsp3) is 0.500. The highest BCUT2D eigenvalue weighted by molar-refractivity contribution is 7.91. The molecule has 108 valence electrons. The third-order valence-corrected chi connectivity index (χ3v) is 5.07. The first-order chi connectivity index (χ1) is 8.70. The van der Waals surface area contributed by atoms with Gasteiger partial charge in [-0.15, -0.1) is 11.3 Å². The van der Waals surface area contributed by atoms with Crippen molar-refractivity contribution in [1.29, 1.82) is 0 Å². The zero-order valence-electron chi connectivity index (χ0n) is 11.0. The lowest BCUT2D eigenvalue weighted by molar-refractivity contribution is 0.100. The first kappa shape index (κ1) is 15.7. The van der Waals surface area contributed by atoms with Gasteiger partial charge in [0.05, 0.1) is 12.3 Å². The summed E-state index contributed by atoms with van der Waals surface area (Å²) in [5.74, 6) is -0.737. The quantitative estimate of drug-likeness (QED) is 0.759. The van der Waals surface area contributed by atoms with Crippen LogP contribution in [-0.2, 0) is 14.6 Å². The van der Waals surface area contributed by atoms with E-state index in [1.54, 1.807) is 19.1 Å². The summed E-state index contributed by atoms with van der Waals surface area (Å²) in [5.41, 5.74) is 10.8. The average Bonchev–Trinajstić information content (AvgIpc) is 2.63. The number of carbonyl (C=O) groups is 1. The molecule has 4 N–H and O–H groups in total. The first-order valence-corrected chi connectivity index (χ1v) is 8.03. The lowest BCUT2D eigenvalue weighted by atomic mass is 10.3. The fourth-order valence-corrected chi connectivity index (χ4v) is 4.11. The molecule has 0 saturated heterocycles. The summed E-state index contributed by atoms with van der Waals surface area (Å²) in [4.78, 5) is 12.9. The standard InChI is InChI=1S/C10H17N3O4S2/c1-13(4-5-17-2)10-8(19(3,15)16)6(11)7(18-10)9(12)14/h4-5,11H2,1-3H3,(H2,12,14). The SMILES string of the molecule is COCCN(C)c1sc(C(N)=O)c(N)c1S(C)(=O)=O. The molecule has 1 amide bonds. The number of likely N-dealkylation sites (N-methyl/N-ethyl adjacent to an activating group) is 1. The number of anilines is 2. The van der Waals surface area contributed by atoms with Gasteiger partial charge in [0.2, 0.25) is 0 Å². The maximum Gasteiger partial charge on any atom is 0.261 e. The topological polar surface area (TPSA) is 116 Å². The number of nitrogen functional groups attached to an aromatic ring is 1. The Labute approximate surface area is 116 Å². The van der Waals surface area contributed by atoms with E-state index in [9.17, 15) is 13.2 Å². The van der Waals surface area contributed by atoms with Gasteiger partial charge < -0.3 is 21.1 Å². The highest BCUT2D eigenvalue weighted by atomic mass is 32.2. The van der Waals surface area contributed by atoms with Gasteiger partial charge in [0.25, 0.3) is 5.91 Å². The number of thiophene rings is 1. The van der Waals surface area contributed by atoms with Crippen molar-refractivity contribution in [2.75, 3.05) is 44.2 Å². The van der Waals surface area contributed by atoms with Crippen molar-refractivity contribution in [2.45, 2.75) is 4.90 Å². The Kier molecular flexibility index (Phi) is 4.77. The molecule has 0 fully saturated rings. The van der Waals surface area contributed by atoms with Crippen LogP contribution in [0.5, 0.6) is 0 Å². The number of ether oxygens (including phenoxy) is 1. The Morgan fingerprint density at radius 3 is 2.47 bits per heavy atom. The van der Waals surface area contributed by atoms with Crippen molar-refractivity contribution in [3.05, 3.63) is 4.88 Å². The van der Waals surface area contributed by atoms with Crippen LogP contribution >= 0.6 is 11.3 Å². The summed E-state index contributed by atoms with van der Waals surface area (Å²) in [6.07, 6.45) is 1.05. The highest BCUT2D eigenvalue weighted by Gasteiger charge is 2.27. The number of amides is 1. The maximum absolute atomic E-state index is 11.8. The van der Waals surface area contributed by atoms with Crippen LogP contribution in [0.1, 0.15) is 9.67 Å². The molecule has 1 rings (SSSR count). The zero-order chi connectivity index (χ0) is 14.8. The lowest BCUT2D eigenvalue weighted by Crippen LogP contribution is -2.22. The van der Waals surface area contributed by atoms with Crippen LogP contribution < -0.4 is 16.4 Å². The largest absolute Gasteiger partial charge is 0.396 e. The smallest absolute Gasteiger partial charge is 0.261 e. The normalized spacial score (nSPS) is 11.5.